The predicted molar refractivity (Wildman–Crippen MR) is 102 cm³/mol. The number of anilines is 1. The van der Waals surface area contributed by atoms with Crippen molar-refractivity contribution in [3.63, 3.8) is 0 Å². The molecule has 2 atom stereocenters. The number of hydrogen-bond acceptors (Lipinski definition) is 3. The second kappa shape index (κ2) is 7.34. The van der Waals surface area contributed by atoms with Gasteiger partial charge in [-0.1, -0.05) is 25.0 Å². The van der Waals surface area contributed by atoms with Gasteiger partial charge in [-0.2, -0.15) is 0 Å². The zero-order chi connectivity index (χ0) is 17.4. The van der Waals surface area contributed by atoms with E-state index in [0.717, 1.165) is 43.6 Å². The Labute approximate surface area is 155 Å². The van der Waals surface area contributed by atoms with Gasteiger partial charge in [0.05, 0.1) is 10.8 Å². The first-order valence-electron chi connectivity index (χ1n) is 8.79. The number of carbonyl (C=O) groups is 2. The molecule has 138 valence electrons. The van der Waals surface area contributed by atoms with Crippen LogP contribution in [0.2, 0.25) is 0 Å². The molecule has 1 aliphatic carbocycles. The van der Waals surface area contributed by atoms with E-state index in [2.05, 4.69) is 10.6 Å². The van der Waals surface area contributed by atoms with Gasteiger partial charge in [0.2, 0.25) is 11.8 Å². The van der Waals surface area contributed by atoms with E-state index in [1.54, 1.807) is 13.8 Å². The van der Waals surface area contributed by atoms with Crippen LogP contribution in [0.4, 0.5) is 5.69 Å². The summed E-state index contributed by atoms with van der Waals surface area (Å²) in [7, 11) is 0. The standard InChI is InChI=1S/C19H27N3O2.ClH/c1-18(2,16(20)23)13-6-8-15(9-7-13)22-17(24)19-10-4-3-5-14(19)11-21-12-19;/h6-9,14,21H,3-5,10-12H2,1-2H3,(H2,20,23)(H,22,24);1H/t14-,19+;/m0./s1. The van der Waals surface area contributed by atoms with Crippen LogP contribution < -0.4 is 16.4 Å². The maximum absolute atomic E-state index is 12.9. The number of benzene rings is 1. The molecule has 1 heterocycles. The monoisotopic (exact) mass is 365 g/mol. The first-order chi connectivity index (χ1) is 11.4. The normalized spacial score (nSPS) is 25.6. The van der Waals surface area contributed by atoms with Crippen molar-refractivity contribution in [1.82, 2.24) is 5.32 Å². The molecule has 1 aliphatic heterocycles. The zero-order valence-electron chi connectivity index (χ0n) is 14.9. The van der Waals surface area contributed by atoms with Crippen molar-refractivity contribution in [1.29, 1.82) is 0 Å². The van der Waals surface area contributed by atoms with Crippen molar-refractivity contribution in [3.8, 4) is 0 Å². The third kappa shape index (κ3) is 3.53. The van der Waals surface area contributed by atoms with Gasteiger partial charge >= 0.3 is 0 Å². The van der Waals surface area contributed by atoms with Crippen LogP contribution in [-0.2, 0) is 15.0 Å². The van der Waals surface area contributed by atoms with Gasteiger partial charge in [0, 0.05) is 12.2 Å². The van der Waals surface area contributed by atoms with E-state index in [4.69, 9.17) is 5.73 Å². The summed E-state index contributed by atoms with van der Waals surface area (Å²) in [5.74, 6) is 0.207. The van der Waals surface area contributed by atoms with Crippen molar-refractivity contribution in [2.24, 2.45) is 17.1 Å². The smallest absolute Gasteiger partial charge is 0.232 e. The van der Waals surface area contributed by atoms with Gasteiger partial charge in [0.25, 0.3) is 0 Å². The minimum atomic E-state index is -0.717. The number of amides is 2. The Morgan fingerprint density at radius 2 is 1.92 bits per heavy atom. The van der Waals surface area contributed by atoms with E-state index in [9.17, 15) is 9.59 Å². The lowest BCUT2D eigenvalue weighted by Crippen LogP contribution is -2.44. The number of halogens is 1. The van der Waals surface area contributed by atoms with E-state index in [1.165, 1.54) is 6.42 Å². The topological polar surface area (TPSA) is 84.2 Å². The number of fused-ring (bicyclic) bond motifs is 1. The summed E-state index contributed by atoms with van der Waals surface area (Å²) in [5, 5.41) is 6.49. The summed E-state index contributed by atoms with van der Waals surface area (Å²) in [4.78, 5) is 24.5. The summed E-state index contributed by atoms with van der Waals surface area (Å²) in [6.45, 7) is 5.33. The molecule has 3 rings (SSSR count). The highest BCUT2D eigenvalue weighted by Crippen LogP contribution is 2.44. The molecule has 1 aromatic carbocycles. The largest absolute Gasteiger partial charge is 0.369 e. The van der Waals surface area contributed by atoms with Crippen molar-refractivity contribution in [2.75, 3.05) is 18.4 Å². The molecule has 25 heavy (non-hydrogen) atoms. The first-order valence-corrected chi connectivity index (χ1v) is 8.79. The molecule has 0 unspecified atom stereocenters. The zero-order valence-corrected chi connectivity index (χ0v) is 15.7. The van der Waals surface area contributed by atoms with Gasteiger partial charge in [-0.05, 0) is 56.8 Å². The number of carbonyl (C=O) groups excluding carboxylic acids is 2. The molecule has 0 radical (unpaired) electrons. The molecular formula is C19H28ClN3O2. The molecule has 1 saturated carbocycles. The van der Waals surface area contributed by atoms with Gasteiger partial charge < -0.3 is 16.4 Å². The maximum Gasteiger partial charge on any atom is 0.232 e. The highest BCUT2D eigenvalue weighted by Gasteiger charge is 2.49. The molecule has 0 bridgehead atoms. The van der Waals surface area contributed by atoms with Gasteiger partial charge in [0.15, 0.2) is 0 Å². The van der Waals surface area contributed by atoms with E-state index in [-0.39, 0.29) is 29.6 Å². The predicted octanol–water partition coefficient (Wildman–Crippen LogP) is 2.59. The van der Waals surface area contributed by atoms with Gasteiger partial charge in [-0.15, -0.1) is 12.4 Å². The fourth-order valence-electron chi connectivity index (χ4n) is 4.06. The second-order valence-corrected chi connectivity index (χ2v) is 7.75. The molecule has 6 heteroatoms. The average Bonchev–Trinajstić information content (AvgIpc) is 3.00. The lowest BCUT2D eigenvalue weighted by Gasteiger charge is -2.37. The minimum Gasteiger partial charge on any atom is -0.369 e. The summed E-state index contributed by atoms with van der Waals surface area (Å²) in [5.41, 5.74) is 6.11. The van der Waals surface area contributed by atoms with Crippen molar-refractivity contribution >= 4 is 29.9 Å². The Morgan fingerprint density at radius 1 is 1.24 bits per heavy atom. The molecule has 4 N–H and O–H groups in total. The van der Waals surface area contributed by atoms with Crippen LogP contribution in [0.15, 0.2) is 24.3 Å². The highest BCUT2D eigenvalue weighted by atomic mass is 35.5. The number of nitrogens with one attached hydrogen (secondary N) is 2. The molecule has 2 fully saturated rings. The van der Waals surface area contributed by atoms with Crippen LogP contribution in [0.1, 0.15) is 45.1 Å². The average molecular weight is 366 g/mol. The van der Waals surface area contributed by atoms with Crippen molar-refractivity contribution in [2.45, 2.75) is 44.9 Å². The Morgan fingerprint density at radius 3 is 2.56 bits per heavy atom. The van der Waals surface area contributed by atoms with Crippen molar-refractivity contribution in [3.05, 3.63) is 29.8 Å². The number of nitrogens with two attached hydrogens (primary N) is 1. The quantitative estimate of drug-likeness (QED) is 0.766. The molecule has 0 aromatic heterocycles. The SMILES string of the molecule is CC(C)(C(N)=O)c1ccc(NC(=O)[C@@]23CCCC[C@H]2CNC3)cc1.Cl. The molecule has 1 saturated heterocycles. The molecule has 2 aliphatic rings. The van der Waals surface area contributed by atoms with Gasteiger partial charge in [-0.25, -0.2) is 0 Å². The van der Waals surface area contributed by atoms with E-state index in [0.29, 0.717) is 5.92 Å². The van der Waals surface area contributed by atoms with E-state index < -0.39 is 5.41 Å². The first kappa shape index (κ1) is 19.7. The second-order valence-electron chi connectivity index (χ2n) is 7.75. The van der Waals surface area contributed by atoms with Crippen molar-refractivity contribution < 1.29 is 9.59 Å². The lowest BCUT2D eigenvalue weighted by atomic mass is 9.67. The number of hydrogen-bond donors (Lipinski definition) is 3. The summed E-state index contributed by atoms with van der Waals surface area (Å²) in [6.07, 6.45) is 4.44. The highest BCUT2D eigenvalue weighted by molar-refractivity contribution is 5.96. The van der Waals surface area contributed by atoms with Gasteiger partial charge in [0.1, 0.15) is 0 Å². The Kier molecular flexibility index (Phi) is 5.79. The minimum absolute atomic E-state index is 0. The Bertz CT molecular complexity index is 645. The van der Waals surface area contributed by atoms with E-state index in [1.807, 2.05) is 24.3 Å². The van der Waals surface area contributed by atoms with Crippen LogP contribution in [-0.4, -0.2) is 24.9 Å². The third-order valence-corrected chi connectivity index (χ3v) is 5.97. The Balaban J connectivity index is 0.00000225. The maximum atomic E-state index is 12.9. The van der Waals surface area contributed by atoms with Crippen LogP contribution in [0.3, 0.4) is 0 Å². The van der Waals surface area contributed by atoms with Crippen LogP contribution in [0.25, 0.3) is 0 Å². The molecule has 1 aromatic rings. The molecule has 5 nitrogen and oxygen atoms in total. The lowest BCUT2D eigenvalue weighted by molar-refractivity contribution is -0.128. The fraction of sp³-hybridized carbons (Fsp3) is 0.579. The van der Waals surface area contributed by atoms with Gasteiger partial charge in [-0.3, -0.25) is 9.59 Å². The molecular weight excluding hydrogens is 338 g/mol. The summed E-state index contributed by atoms with van der Waals surface area (Å²) < 4.78 is 0. The van der Waals surface area contributed by atoms with E-state index >= 15 is 0 Å². The molecule has 2 amide bonds. The third-order valence-electron chi connectivity index (χ3n) is 5.97. The van der Waals surface area contributed by atoms with Crippen LogP contribution in [0, 0.1) is 11.3 Å². The summed E-state index contributed by atoms with van der Waals surface area (Å²) >= 11 is 0. The number of primary amides is 1. The van der Waals surface area contributed by atoms with Crippen LogP contribution in [0.5, 0.6) is 0 Å². The molecule has 0 spiro atoms. The summed E-state index contributed by atoms with van der Waals surface area (Å²) in [6, 6.07) is 7.44. The van der Waals surface area contributed by atoms with Crippen LogP contribution >= 0.6 is 12.4 Å². The fourth-order valence-corrected chi connectivity index (χ4v) is 4.06. The number of rotatable bonds is 4. The Hall–Kier alpha value is -1.59.